The number of fused-ring (bicyclic) bond motifs is 1. The van der Waals surface area contributed by atoms with Gasteiger partial charge in [0.2, 0.25) is 0 Å². The molecule has 0 radical (unpaired) electrons. The van der Waals surface area contributed by atoms with E-state index in [1.165, 1.54) is 14.1 Å². The van der Waals surface area contributed by atoms with E-state index >= 15 is 0 Å². The molecule has 2 aliphatic heterocycles. The minimum Gasteiger partial charge on any atom is -0.324 e. The van der Waals surface area contributed by atoms with Gasteiger partial charge in [-0.3, -0.25) is 14.7 Å². The molecule has 0 bridgehead atoms. The van der Waals surface area contributed by atoms with Gasteiger partial charge in [0, 0.05) is 38.9 Å². The molecule has 150 valence electrons. The fourth-order valence-corrected chi connectivity index (χ4v) is 3.92. The second kappa shape index (κ2) is 7.58. The lowest BCUT2D eigenvalue weighted by Crippen LogP contribution is -2.29. The van der Waals surface area contributed by atoms with E-state index in [1.807, 2.05) is 35.4 Å². The lowest BCUT2D eigenvalue weighted by atomic mass is 10.0. The van der Waals surface area contributed by atoms with Crippen molar-refractivity contribution in [2.75, 3.05) is 25.4 Å². The van der Waals surface area contributed by atoms with E-state index in [4.69, 9.17) is 11.6 Å². The molecule has 2 aliphatic rings. The number of rotatable bonds is 5. The van der Waals surface area contributed by atoms with Crippen LogP contribution in [0.5, 0.6) is 0 Å². The van der Waals surface area contributed by atoms with Gasteiger partial charge in [0.15, 0.2) is 5.15 Å². The minimum atomic E-state index is -3.69. The number of hydrogen-bond donors (Lipinski definition) is 1. The third-order valence-corrected chi connectivity index (χ3v) is 6.44. The molecule has 0 fully saturated rings. The van der Waals surface area contributed by atoms with Crippen LogP contribution in [0.4, 0.5) is 5.69 Å². The van der Waals surface area contributed by atoms with E-state index in [0.717, 1.165) is 26.8 Å². The predicted octanol–water partition coefficient (Wildman–Crippen LogP) is 2.71. The first kappa shape index (κ1) is 19.6. The largest absolute Gasteiger partial charge is 0.324 e. The van der Waals surface area contributed by atoms with Gasteiger partial charge < -0.3 is 4.90 Å². The van der Waals surface area contributed by atoms with Crippen molar-refractivity contribution < 1.29 is 8.42 Å². The Morgan fingerprint density at radius 2 is 2.03 bits per heavy atom. The highest BCUT2D eigenvalue weighted by Crippen LogP contribution is 2.34. The minimum absolute atomic E-state index is 0.0902. The summed E-state index contributed by atoms with van der Waals surface area (Å²) < 4.78 is 27.8. The van der Waals surface area contributed by atoms with Crippen LogP contribution in [0.15, 0.2) is 60.1 Å². The van der Waals surface area contributed by atoms with Crippen molar-refractivity contribution in [3.8, 4) is 0 Å². The van der Waals surface area contributed by atoms with E-state index < -0.39 is 10.2 Å². The molecule has 0 aliphatic carbocycles. The lowest BCUT2D eigenvalue weighted by Gasteiger charge is -2.26. The maximum absolute atomic E-state index is 12.2. The molecule has 4 rings (SSSR count). The number of pyridine rings is 2. The van der Waals surface area contributed by atoms with Crippen LogP contribution >= 0.6 is 11.6 Å². The van der Waals surface area contributed by atoms with E-state index in [2.05, 4.69) is 19.7 Å². The van der Waals surface area contributed by atoms with Crippen molar-refractivity contribution >= 4 is 38.9 Å². The zero-order valence-corrected chi connectivity index (χ0v) is 17.4. The Morgan fingerprint density at radius 3 is 2.76 bits per heavy atom. The van der Waals surface area contributed by atoms with Crippen LogP contribution in [0.1, 0.15) is 17.2 Å². The Bertz CT molecular complexity index is 1130. The van der Waals surface area contributed by atoms with E-state index in [1.54, 1.807) is 24.7 Å². The smallest absolute Gasteiger partial charge is 0.301 e. The molecule has 0 aromatic carbocycles. The maximum Gasteiger partial charge on any atom is 0.301 e. The summed E-state index contributed by atoms with van der Waals surface area (Å²) in [5.41, 5.74) is 3.17. The van der Waals surface area contributed by atoms with Crippen LogP contribution in [0.2, 0.25) is 5.15 Å². The highest BCUT2D eigenvalue weighted by Gasteiger charge is 2.29. The third-order valence-electron chi connectivity index (χ3n) is 4.70. The third kappa shape index (κ3) is 3.89. The highest BCUT2D eigenvalue weighted by molar-refractivity contribution is 7.90. The Labute approximate surface area is 174 Å². The van der Waals surface area contributed by atoms with Crippen molar-refractivity contribution in [1.29, 1.82) is 0 Å². The van der Waals surface area contributed by atoms with Gasteiger partial charge in [0.25, 0.3) is 0 Å². The Kier molecular flexibility index (Phi) is 5.12. The monoisotopic (exact) mass is 430 g/mol. The highest BCUT2D eigenvalue weighted by atomic mass is 35.5. The average molecular weight is 431 g/mol. The van der Waals surface area contributed by atoms with Crippen LogP contribution in [0.25, 0.3) is 5.57 Å². The van der Waals surface area contributed by atoms with E-state index in [9.17, 15) is 8.42 Å². The molecule has 2 aromatic heterocycles. The van der Waals surface area contributed by atoms with Gasteiger partial charge in [-0.15, -0.1) is 0 Å². The van der Waals surface area contributed by atoms with Crippen LogP contribution in [0.3, 0.4) is 0 Å². The summed E-state index contributed by atoms with van der Waals surface area (Å²) in [6, 6.07) is 5.51. The molecule has 8 nitrogen and oxygen atoms in total. The van der Waals surface area contributed by atoms with Crippen molar-refractivity contribution in [3.63, 3.8) is 0 Å². The molecule has 0 amide bonds. The van der Waals surface area contributed by atoms with Crippen molar-refractivity contribution in [2.45, 2.75) is 6.04 Å². The van der Waals surface area contributed by atoms with Crippen molar-refractivity contribution in [2.24, 2.45) is 4.99 Å². The van der Waals surface area contributed by atoms with Gasteiger partial charge in [0.05, 0.1) is 18.3 Å². The van der Waals surface area contributed by atoms with Crippen LogP contribution in [-0.4, -0.2) is 54.1 Å². The molecule has 1 atom stereocenters. The number of amidine groups is 1. The van der Waals surface area contributed by atoms with Gasteiger partial charge in [-0.05, 0) is 47.1 Å². The normalized spacial score (nSPS) is 18.5. The number of nitrogens with one attached hydrogen (secondary N) is 1. The molecule has 29 heavy (non-hydrogen) atoms. The molecule has 0 spiro atoms. The van der Waals surface area contributed by atoms with E-state index in [-0.39, 0.29) is 16.9 Å². The maximum atomic E-state index is 12.2. The molecule has 1 N–H and O–H groups in total. The molecule has 2 aromatic rings. The Balaban J connectivity index is 1.59. The Hall–Kier alpha value is -2.75. The summed E-state index contributed by atoms with van der Waals surface area (Å²) in [5, 5.41) is 0.0902. The van der Waals surface area contributed by atoms with E-state index in [0.29, 0.717) is 6.54 Å². The second-order valence-electron chi connectivity index (χ2n) is 6.77. The van der Waals surface area contributed by atoms with Crippen LogP contribution in [-0.2, 0) is 10.2 Å². The quantitative estimate of drug-likeness (QED) is 0.736. The zero-order chi connectivity index (χ0) is 20.6. The zero-order valence-electron chi connectivity index (χ0n) is 15.8. The fourth-order valence-electron chi connectivity index (χ4n) is 3.10. The first-order valence-corrected chi connectivity index (χ1v) is 10.7. The fraction of sp³-hybridized carbons (Fsp3) is 0.211. The summed E-state index contributed by atoms with van der Waals surface area (Å²) in [5.74, 6) is 0.842. The Morgan fingerprint density at radius 1 is 1.28 bits per heavy atom. The molecule has 10 heteroatoms. The molecule has 0 saturated heterocycles. The van der Waals surface area contributed by atoms with Crippen LogP contribution in [0, 0.1) is 0 Å². The van der Waals surface area contributed by atoms with Crippen molar-refractivity contribution in [1.82, 2.24) is 19.2 Å². The topological polar surface area (TPSA) is 90.8 Å². The average Bonchev–Trinajstić information content (AvgIpc) is 3.13. The molecule has 4 heterocycles. The van der Waals surface area contributed by atoms with Gasteiger partial charge in [-0.2, -0.15) is 12.7 Å². The standard InChI is InChI=1S/C19H19ClN6O2S/c1-25(2)29(27,28)24-16-9-15(11-23-19(16)20)17-12-22-18-10-14(5-8-26(17)18)13-3-6-21-7-4-13/h3-11,17,24H,12H2,1-2H3. The number of hydrogen-bond acceptors (Lipinski definition) is 6. The summed E-state index contributed by atoms with van der Waals surface area (Å²) >= 11 is 6.11. The first-order chi connectivity index (χ1) is 13.8. The molecular weight excluding hydrogens is 412 g/mol. The molecule has 1 unspecified atom stereocenters. The van der Waals surface area contributed by atoms with Gasteiger partial charge in [-0.1, -0.05) is 11.6 Å². The number of allylic oxidation sites excluding steroid dienone is 2. The lowest BCUT2D eigenvalue weighted by molar-refractivity contribution is 0.457. The SMILES string of the molecule is CN(C)S(=O)(=O)Nc1cc(C2CN=C3C=C(c4ccncc4)C=CN32)cnc1Cl. The summed E-state index contributed by atoms with van der Waals surface area (Å²) in [7, 11) is -0.807. The van der Waals surface area contributed by atoms with Crippen molar-refractivity contribution in [3.05, 3.63) is 71.4 Å². The summed E-state index contributed by atoms with van der Waals surface area (Å²) in [6.07, 6.45) is 11.2. The summed E-state index contributed by atoms with van der Waals surface area (Å²) in [4.78, 5) is 14.9. The number of aromatic nitrogens is 2. The second-order valence-corrected chi connectivity index (χ2v) is 9.01. The van der Waals surface area contributed by atoms with Crippen LogP contribution < -0.4 is 4.72 Å². The first-order valence-electron chi connectivity index (χ1n) is 8.84. The summed E-state index contributed by atoms with van der Waals surface area (Å²) in [6.45, 7) is 0.531. The number of nitrogens with zero attached hydrogens (tertiary/aromatic N) is 5. The molecular formula is C19H19ClN6O2S. The molecule has 0 saturated carbocycles. The van der Waals surface area contributed by atoms with Gasteiger partial charge in [-0.25, -0.2) is 4.98 Å². The van der Waals surface area contributed by atoms with Gasteiger partial charge >= 0.3 is 10.2 Å². The van der Waals surface area contributed by atoms with Gasteiger partial charge in [0.1, 0.15) is 5.84 Å². The number of aliphatic imine (C=N–C) groups is 1. The number of halogens is 1. The predicted molar refractivity (Wildman–Crippen MR) is 114 cm³/mol. The number of anilines is 1.